The molecule has 0 saturated heterocycles. The minimum atomic E-state index is 0. The molecule has 1 aromatic heterocycles. The summed E-state index contributed by atoms with van der Waals surface area (Å²) in [5.74, 6) is 0. The number of hydrazone groups is 1. The van der Waals surface area contributed by atoms with Gasteiger partial charge in [0.05, 0.1) is 11.4 Å². The van der Waals surface area contributed by atoms with Crippen LogP contribution in [0.5, 0.6) is 0 Å². The lowest BCUT2D eigenvalue weighted by atomic mass is 10.0. The fraction of sp³-hybridized carbons (Fsp3) is 0.333. The summed E-state index contributed by atoms with van der Waals surface area (Å²) in [7, 11) is 0. The number of thiazole rings is 1. The van der Waals surface area contributed by atoms with Gasteiger partial charge in [0.25, 0.3) is 0 Å². The second-order valence-electron chi connectivity index (χ2n) is 4.91. The highest BCUT2D eigenvalue weighted by atomic mass is 35.5. The predicted molar refractivity (Wildman–Crippen MR) is 93.3 cm³/mol. The average Bonchev–Trinajstić information content (AvgIpc) is 2.88. The van der Waals surface area contributed by atoms with E-state index in [0.29, 0.717) is 0 Å². The number of aromatic nitrogens is 1. The molecule has 0 atom stereocenters. The van der Waals surface area contributed by atoms with Crippen LogP contribution in [0.1, 0.15) is 35.9 Å². The van der Waals surface area contributed by atoms with Gasteiger partial charge in [-0.2, -0.15) is 5.10 Å². The maximum Gasteiger partial charge on any atom is 0.203 e. The summed E-state index contributed by atoms with van der Waals surface area (Å²) >= 11 is 7.61. The fourth-order valence-electron chi connectivity index (χ4n) is 2.29. The van der Waals surface area contributed by atoms with Gasteiger partial charge in [-0.15, -0.1) is 23.7 Å². The van der Waals surface area contributed by atoms with Gasteiger partial charge in [0.1, 0.15) is 0 Å². The van der Waals surface area contributed by atoms with E-state index in [1.165, 1.54) is 23.4 Å². The number of rotatable bonds is 3. The number of nitrogens with zero attached hydrogens (tertiary/aromatic N) is 2. The number of fused-ring (bicyclic) bond motifs is 1. The van der Waals surface area contributed by atoms with Gasteiger partial charge >= 0.3 is 0 Å². The van der Waals surface area contributed by atoms with Crippen LogP contribution in [0.4, 0.5) is 5.13 Å². The first-order valence-electron chi connectivity index (χ1n) is 6.77. The molecule has 3 nitrogen and oxygen atoms in total. The van der Waals surface area contributed by atoms with Gasteiger partial charge in [0.15, 0.2) is 0 Å². The van der Waals surface area contributed by atoms with Crippen molar-refractivity contribution < 1.29 is 0 Å². The zero-order valence-corrected chi connectivity index (χ0v) is 14.1. The van der Waals surface area contributed by atoms with Crippen LogP contribution in [0.25, 0.3) is 0 Å². The minimum absolute atomic E-state index is 0. The molecule has 0 aliphatic heterocycles. The van der Waals surface area contributed by atoms with Crippen LogP contribution in [-0.4, -0.2) is 10.7 Å². The molecule has 1 aliphatic rings. The number of hydrogen-bond donors (Lipinski definition) is 1. The van der Waals surface area contributed by atoms with E-state index in [1.807, 2.05) is 31.2 Å². The van der Waals surface area contributed by atoms with Crippen molar-refractivity contribution in [3.05, 3.63) is 45.4 Å². The molecule has 2 aromatic rings. The van der Waals surface area contributed by atoms with Crippen molar-refractivity contribution in [2.24, 2.45) is 5.10 Å². The van der Waals surface area contributed by atoms with E-state index in [0.717, 1.165) is 34.3 Å². The third-order valence-corrected chi connectivity index (χ3v) is 4.74. The van der Waals surface area contributed by atoms with Crippen LogP contribution in [0.2, 0.25) is 5.02 Å². The van der Waals surface area contributed by atoms with Gasteiger partial charge in [-0.1, -0.05) is 23.7 Å². The summed E-state index contributed by atoms with van der Waals surface area (Å²) in [6.45, 7) is 1.98. The molecule has 1 aliphatic carbocycles. The molecular weight excluding hydrogens is 325 g/mol. The quantitative estimate of drug-likeness (QED) is 0.634. The average molecular weight is 342 g/mol. The largest absolute Gasteiger partial charge is 0.252 e. The van der Waals surface area contributed by atoms with Crippen molar-refractivity contribution >= 4 is 46.2 Å². The molecule has 1 N–H and O–H groups in total. The fourth-order valence-corrected chi connectivity index (χ4v) is 3.41. The molecule has 112 valence electrons. The molecule has 6 heteroatoms. The second kappa shape index (κ2) is 7.25. The Morgan fingerprint density at radius 1 is 1.24 bits per heavy atom. The number of hydrogen-bond acceptors (Lipinski definition) is 4. The third kappa shape index (κ3) is 3.96. The summed E-state index contributed by atoms with van der Waals surface area (Å²) in [5, 5.41) is 6.04. The summed E-state index contributed by atoms with van der Waals surface area (Å²) in [6, 6.07) is 7.68. The van der Waals surface area contributed by atoms with Crippen molar-refractivity contribution in [2.45, 2.75) is 32.6 Å². The van der Waals surface area contributed by atoms with E-state index in [1.54, 1.807) is 11.3 Å². The van der Waals surface area contributed by atoms with E-state index in [4.69, 9.17) is 11.6 Å². The first-order chi connectivity index (χ1) is 9.72. The molecule has 0 amide bonds. The van der Waals surface area contributed by atoms with E-state index in [2.05, 4.69) is 15.5 Å². The second-order valence-corrected chi connectivity index (χ2v) is 6.43. The summed E-state index contributed by atoms with van der Waals surface area (Å²) in [6.07, 6.45) is 4.80. The van der Waals surface area contributed by atoms with Crippen LogP contribution >= 0.6 is 35.3 Å². The molecule has 3 rings (SSSR count). The highest BCUT2D eigenvalue weighted by molar-refractivity contribution is 7.15. The van der Waals surface area contributed by atoms with E-state index >= 15 is 0 Å². The number of aryl methyl sites for hydroxylation is 2. The SMILES string of the molecule is CC(=NNc1nc2c(s1)CCCC2)c1ccc(Cl)cc1.Cl. The van der Waals surface area contributed by atoms with Crippen molar-refractivity contribution in [1.82, 2.24) is 4.98 Å². The molecule has 0 radical (unpaired) electrons. The Morgan fingerprint density at radius 3 is 2.67 bits per heavy atom. The third-order valence-electron chi connectivity index (χ3n) is 3.43. The van der Waals surface area contributed by atoms with Crippen LogP contribution < -0.4 is 5.43 Å². The van der Waals surface area contributed by atoms with Gasteiger partial charge in [-0.3, -0.25) is 5.43 Å². The molecule has 0 unspecified atom stereocenters. The van der Waals surface area contributed by atoms with Gasteiger partial charge < -0.3 is 0 Å². The molecule has 0 bridgehead atoms. The van der Waals surface area contributed by atoms with Gasteiger partial charge in [-0.05, 0) is 50.3 Å². The number of halogens is 2. The minimum Gasteiger partial charge on any atom is -0.252 e. The predicted octanol–water partition coefficient (Wildman–Crippen LogP) is 4.93. The van der Waals surface area contributed by atoms with Crippen molar-refractivity contribution in [2.75, 3.05) is 5.43 Å². The van der Waals surface area contributed by atoms with Gasteiger partial charge in [0.2, 0.25) is 5.13 Å². The monoisotopic (exact) mass is 341 g/mol. The summed E-state index contributed by atoms with van der Waals surface area (Å²) < 4.78 is 0. The molecule has 21 heavy (non-hydrogen) atoms. The highest BCUT2D eigenvalue weighted by Crippen LogP contribution is 2.29. The number of nitrogens with one attached hydrogen (secondary N) is 1. The maximum atomic E-state index is 5.88. The van der Waals surface area contributed by atoms with Crippen LogP contribution in [0.15, 0.2) is 29.4 Å². The molecule has 1 aromatic carbocycles. The normalized spacial score (nSPS) is 14.3. The summed E-state index contributed by atoms with van der Waals surface area (Å²) in [5.41, 5.74) is 6.31. The molecule has 0 fully saturated rings. The highest BCUT2D eigenvalue weighted by Gasteiger charge is 2.14. The smallest absolute Gasteiger partial charge is 0.203 e. The first-order valence-corrected chi connectivity index (χ1v) is 7.96. The van der Waals surface area contributed by atoms with Crippen molar-refractivity contribution in [1.29, 1.82) is 0 Å². The van der Waals surface area contributed by atoms with Gasteiger partial charge in [0, 0.05) is 9.90 Å². The number of anilines is 1. The Morgan fingerprint density at radius 2 is 1.95 bits per heavy atom. The lowest BCUT2D eigenvalue weighted by Gasteiger charge is -2.06. The zero-order valence-electron chi connectivity index (χ0n) is 11.7. The maximum absolute atomic E-state index is 5.88. The lowest BCUT2D eigenvalue weighted by Crippen LogP contribution is -2.00. The zero-order chi connectivity index (χ0) is 13.9. The standard InChI is InChI=1S/C15H16ClN3S.ClH/c1-10(11-6-8-12(16)9-7-11)18-19-15-17-13-4-2-3-5-14(13)20-15;/h6-9H,2-5H2,1H3,(H,17,19);1H. The molecule has 0 spiro atoms. The van der Waals surface area contributed by atoms with E-state index in [-0.39, 0.29) is 12.4 Å². The van der Waals surface area contributed by atoms with Gasteiger partial charge in [-0.25, -0.2) is 4.98 Å². The van der Waals surface area contributed by atoms with Crippen LogP contribution in [0, 0.1) is 0 Å². The Balaban J connectivity index is 0.00000161. The van der Waals surface area contributed by atoms with E-state index in [9.17, 15) is 0 Å². The Bertz CT molecular complexity index is 611. The molecule has 0 saturated carbocycles. The van der Waals surface area contributed by atoms with Crippen LogP contribution in [-0.2, 0) is 12.8 Å². The Hall–Kier alpha value is -1.10. The number of benzene rings is 1. The van der Waals surface area contributed by atoms with Crippen molar-refractivity contribution in [3.63, 3.8) is 0 Å². The topological polar surface area (TPSA) is 37.3 Å². The Labute approximate surface area is 139 Å². The summed E-state index contributed by atoms with van der Waals surface area (Å²) in [4.78, 5) is 6.02. The van der Waals surface area contributed by atoms with Crippen LogP contribution in [0.3, 0.4) is 0 Å². The lowest BCUT2D eigenvalue weighted by molar-refractivity contribution is 0.682. The van der Waals surface area contributed by atoms with E-state index < -0.39 is 0 Å². The molecule has 1 heterocycles. The molecular formula is C15H17Cl2N3S. The Kier molecular flexibility index (Phi) is 5.62. The first kappa shape index (κ1) is 16.3. The van der Waals surface area contributed by atoms with Crippen molar-refractivity contribution in [3.8, 4) is 0 Å².